The maximum absolute atomic E-state index is 13.8. The summed E-state index contributed by atoms with van der Waals surface area (Å²) >= 11 is 6.66. The molecule has 2 unspecified atom stereocenters. The van der Waals surface area contributed by atoms with Gasteiger partial charge in [0.25, 0.3) is 5.91 Å². The summed E-state index contributed by atoms with van der Waals surface area (Å²) in [6.45, 7) is 1.73. The molecule has 1 fully saturated rings. The lowest BCUT2D eigenvalue weighted by molar-refractivity contribution is -0.122. The summed E-state index contributed by atoms with van der Waals surface area (Å²) in [5.74, 6) is -1.01. The molecule has 2 atom stereocenters. The van der Waals surface area contributed by atoms with Crippen LogP contribution in [0.5, 0.6) is 0 Å². The fourth-order valence-electron chi connectivity index (χ4n) is 3.93. The number of sulfonamides is 1. The Balaban J connectivity index is 1.79. The first-order chi connectivity index (χ1) is 15.7. The van der Waals surface area contributed by atoms with Gasteiger partial charge < -0.3 is 0 Å². The van der Waals surface area contributed by atoms with E-state index in [4.69, 9.17) is 0 Å². The van der Waals surface area contributed by atoms with Gasteiger partial charge in [-0.25, -0.2) is 13.3 Å². The molecule has 4 rings (SSSR count). The van der Waals surface area contributed by atoms with Crippen molar-refractivity contribution in [3.63, 3.8) is 0 Å². The van der Waals surface area contributed by atoms with E-state index in [-0.39, 0.29) is 11.3 Å². The number of benzene rings is 3. The number of hydrogen-bond donors (Lipinski definition) is 0. The zero-order valence-corrected chi connectivity index (χ0v) is 21.5. The average molecular weight is 592 g/mol. The molecule has 9 heteroatoms. The molecule has 0 saturated carbocycles. The fourth-order valence-corrected chi connectivity index (χ4v) is 6.22. The SMILES string of the molecule is CC(c1ccccc1)N(C1CC(=O)N(c2ccc(Br)cc2)C1=O)S(=O)(=O)c1ccc(Br)cc1. The van der Waals surface area contributed by atoms with Crippen LogP contribution in [-0.4, -0.2) is 30.6 Å². The molecular weight excluding hydrogens is 572 g/mol. The maximum Gasteiger partial charge on any atom is 0.252 e. The number of hydrogen-bond acceptors (Lipinski definition) is 4. The van der Waals surface area contributed by atoms with Crippen molar-refractivity contribution in [1.82, 2.24) is 4.31 Å². The molecule has 33 heavy (non-hydrogen) atoms. The van der Waals surface area contributed by atoms with Crippen molar-refractivity contribution in [3.8, 4) is 0 Å². The standard InChI is InChI=1S/C24H20Br2N2O4S/c1-16(17-5-3-2-4-6-17)28(33(31,32)21-13-9-19(26)10-14-21)22-15-23(29)27(24(22)30)20-11-7-18(25)8-12-20/h2-14,16,22H,15H2,1H3. The Labute approximate surface area is 209 Å². The molecule has 3 aromatic rings. The van der Waals surface area contributed by atoms with E-state index >= 15 is 0 Å². The minimum atomic E-state index is -4.11. The van der Waals surface area contributed by atoms with Crippen LogP contribution < -0.4 is 4.90 Å². The number of anilines is 1. The number of rotatable bonds is 6. The van der Waals surface area contributed by atoms with E-state index in [1.165, 1.54) is 16.4 Å². The first kappa shape index (κ1) is 23.8. The second-order valence-corrected chi connectivity index (χ2v) is 11.3. The van der Waals surface area contributed by atoms with Crippen LogP contribution in [-0.2, 0) is 19.6 Å². The van der Waals surface area contributed by atoms with Crippen molar-refractivity contribution in [3.05, 3.63) is 93.4 Å². The summed E-state index contributed by atoms with van der Waals surface area (Å²) in [6, 6.07) is 20.2. The molecule has 3 aromatic carbocycles. The summed E-state index contributed by atoms with van der Waals surface area (Å²) in [5, 5.41) is 0. The van der Waals surface area contributed by atoms with Gasteiger partial charge in [0.1, 0.15) is 6.04 Å². The molecule has 1 aliphatic rings. The molecular formula is C24H20Br2N2O4S. The summed E-state index contributed by atoms with van der Waals surface area (Å²) in [7, 11) is -4.11. The molecule has 0 spiro atoms. The largest absolute Gasteiger partial charge is 0.274 e. The van der Waals surface area contributed by atoms with E-state index in [0.717, 1.165) is 19.4 Å². The first-order valence-electron chi connectivity index (χ1n) is 10.2. The van der Waals surface area contributed by atoms with Crippen LogP contribution in [0.4, 0.5) is 5.69 Å². The summed E-state index contributed by atoms with van der Waals surface area (Å²) < 4.78 is 30.3. The fraction of sp³-hybridized carbons (Fsp3) is 0.167. The van der Waals surface area contributed by atoms with Gasteiger partial charge >= 0.3 is 0 Å². The van der Waals surface area contributed by atoms with E-state index in [1.54, 1.807) is 43.3 Å². The number of carbonyl (C=O) groups excluding carboxylic acids is 2. The second kappa shape index (κ2) is 9.50. The zero-order chi connectivity index (χ0) is 23.8. The summed E-state index contributed by atoms with van der Waals surface area (Å²) in [5.41, 5.74) is 1.13. The molecule has 2 amide bonds. The lowest BCUT2D eigenvalue weighted by Gasteiger charge is -2.32. The Hall–Kier alpha value is -2.33. The molecule has 0 radical (unpaired) electrons. The van der Waals surface area contributed by atoms with Gasteiger partial charge in [0, 0.05) is 15.0 Å². The number of amides is 2. The van der Waals surface area contributed by atoms with Crippen LogP contribution in [0.15, 0.2) is 92.7 Å². The number of nitrogens with zero attached hydrogens (tertiary/aromatic N) is 2. The van der Waals surface area contributed by atoms with E-state index in [2.05, 4.69) is 31.9 Å². The molecule has 0 N–H and O–H groups in total. The van der Waals surface area contributed by atoms with Crippen molar-refractivity contribution in [2.45, 2.75) is 30.3 Å². The van der Waals surface area contributed by atoms with Crippen molar-refractivity contribution < 1.29 is 18.0 Å². The predicted octanol–water partition coefficient (Wildman–Crippen LogP) is 5.30. The Kier molecular flexibility index (Phi) is 6.86. The Bertz CT molecular complexity index is 1280. The van der Waals surface area contributed by atoms with Gasteiger partial charge in [0.2, 0.25) is 15.9 Å². The van der Waals surface area contributed by atoms with Crippen molar-refractivity contribution >= 4 is 59.4 Å². The number of carbonyl (C=O) groups is 2. The van der Waals surface area contributed by atoms with Crippen LogP contribution in [0, 0.1) is 0 Å². The third kappa shape index (κ3) is 4.68. The molecule has 1 heterocycles. The smallest absolute Gasteiger partial charge is 0.252 e. The molecule has 0 aliphatic carbocycles. The maximum atomic E-state index is 13.8. The van der Waals surface area contributed by atoms with Crippen LogP contribution >= 0.6 is 31.9 Å². The van der Waals surface area contributed by atoms with Gasteiger partial charge in [-0.1, -0.05) is 62.2 Å². The number of imide groups is 1. The molecule has 170 valence electrons. The van der Waals surface area contributed by atoms with Gasteiger partial charge in [-0.2, -0.15) is 4.31 Å². The van der Waals surface area contributed by atoms with E-state index < -0.39 is 33.9 Å². The van der Waals surface area contributed by atoms with Crippen LogP contribution in [0.1, 0.15) is 24.9 Å². The third-order valence-corrected chi connectivity index (χ3v) is 8.62. The topological polar surface area (TPSA) is 74.8 Å². The van der Waals surface area contributed by atoms with Gasteiger partial charge in [0.05, 0.1) is 17.0 Å². The first-order valence-corrected chi connectivity index (χ1v) is 13.2. The minimum absolute atomic E-state index is 0.0517. The van der Waals surface area contributed by atoms with Gasteiger partial charge in [-0.15, -0.1) is 0 Å². The van der Waals surface area contributed by atoms with E-state index in [9.17, 15) is 18.0 Å². The highest BCUT2D eigenvalue weighted by Gasteiger charge is 2.48. The van der Waals surface area contributed by atoms with E-state index in [0.29, 0.717) is 5.69 Å². The van der Waals surface area contributed by atoms with Gasteiger partial charge in [0.15, 0.2) is 0 Å². The molecule has 6 nitrogen and oxygen atoms in total. The molecule has 1 saturated heterocycles. The minimum Gasteiger partial charge on any atom is -0.274 e. The molecule has 1 aliphatic heterocycles. The van der Waals surface area contributed by atoms with Crippen LogP contribution in [0.25, 0.3) is 0 Å². The molecule has 0 aromatic heterocycles. The lowest BCUT2D eigenvalue weighted by Crippen LogP contribution is -2.46. The normalized spacial score (nSPS) is 17.6. The van der Waals surface area contributed by atoms with Crippen molar-refractivity contribution in [2.75, 3.05) is 4.90 Å². The highest BCUT2D eigenvalue weighted by atomic mass is 79.9. The van der Waals surface area contributed by atoms with Gasteiger partial charge in [-0.3, -0.25) is 9.59 Å². The number of halogens is 2. The van der Waals surface area contributed by atoms with Gasteiger partial charge in [-0.05, 0) is 61.0 Å². The summed E-state index contributed by atoms with van der Waals surface area (Å²) in [4.78, 5) is 27.5. The lowest BCUT2D eigenvalue weighted by atomic mass is 10.1. The Morgan fingerprint density at radius 2 is 1.42 bits per heavy atom. The quantitative estimate of drug-likeness (QED) is 0.365. The Morgan fingerprint density at radius 1 is 0.879 bits per heavy atom. The zero-order valence-electron chi connectivity index (χ0n) is 17.6. The monoisotopic (exact) mass is 590 g/mol. The van der Waals surface area contributed by atoms with Crippen LogP contribution in [0.3, 0.4) is 0 Å². The molecule has 0 bridgehead atoms. The Morgan fingerprint density at radius 3 is 2.00 bits per heavy atom. The highest BCUT2D eigenvalue weighted by Crippen LogP contribution is 2.36. The highest BCUT2D eigenvalue weighted by molar-refractivity contribution is 9.10. The van der Waals surface area contributed by atoms with Crippen molar-refractivity contribution in [2.24, 2.45) is 0 Å². The average Bonchev–Trinajstić information content (AvgIpc) is 3.08. The summed E-state index contributed by atoms with van der Waals surface area (Å²) in [6.07, 6.45) is -0.234. The van der Waals surface area contributed by atoms with E-state index in [1.807, 2.05) is 30.3 Å². The predicted molar refractivity (Wildman–Crippen MR) is 133 cm³/mol. The second-order valence-electron chi connectivity index (χ2n) is 7.64. The van der Waals surface area contributed by atoms with Crippen LogP contribution in [0.2, 0.25) is 0 Å². The third-order valence-electron chi connectivity index (χ3n) is 5.57. The van der Waals surface area contributed by atoms with Crippen molar-refractivity contribution in [1.29, 1.82) is 0 Å².